The predicted octanol–water partition coefficient (Wildman–Crippen LogP) is 4.02. The van der Waals surface area contributed by atoms with Crippen molar-refractivity contribution < 1.29 is 18.3 Å². The van der Waals surface area contributed by atoms with Crippen LogP contribution in [0.1, 0.15) is 15.9 Å². The third-order valence-corrected chi connectivity index (χ3v) is 3.66. The molecule has 0 aliphatic heterocycles. The maximum absolute atomic E-state index is 12.0. The smallest absolute Gasteiger partial charge is 0.387 e. The van der Waals surface area contributed by atoms with Crippen LogP contribution >= 0.6 is 15.9 Å². The largest absolute Gasteiger partial charge is 0.435 e. The molecule has 0 aliphatic carbocycles. The molecule has 0 aliphatic rings. The van der Waals surface area contributed by atoms with Gasteiger partial charge in [0.2, 0.25) is 0 Å². The summed E-state index contributed by atoms with van der Waals surface area (Å²) < 4.78 is 29.1. The van der Waals surface area contributed by atoms with Gasteiger partial charge in [0.05, 0.1) is 5.56 Å². The molecule has 0 spiro atoms. The fourth-order valence-electron chi connectivity index (χ4n) is 1.90. The number of nitrogens with one attached hydrogen (secondary N) is 1. The standard InChI is InChI=1S/C16H14BrF2NO2/c17-14-4-2-1-3-13(14)15(21)20-10-9-11-5-7-12(8-6-11)22-16(18)19/h1-8,16H,9-10H2,(H,20,21). The van der Waals surface area contributed by atoms with Crippen LogP contribution < -0.4 is 10.1 Å². The van der Waals surface area contributed by atoms with Gasteiger partial charge in [0.25, 0.3) is 5.91 Å². The van der Waals surface area contributed by atoms with Crippen LogP contribution in [0.15, 0.2) is 53.0 Å². The van der Waals surface area contributed by atoms with E-state index in [1.54, 1.807) is 30.3 Å². The molecule has 116 valence electrons. The Morgan fingerprint density at radius 2 is 1.82 bits per heavy atom. The van der Waals surface area contributed by atoms with Crippen molar-refractivity contribution in [3.05, 3.63) is 64.1 Å². The monoisotopic (exact) mass is 369 g/mol. The Labute approximate surface area is 135 Å². The van der Waals surface area contributed by atoms with Crippen molar-refractivity contribution in [2.45, 2.75) is 13.0 Å². The maximum Gasteiger partial charge on any atom is 0.387 e. The average Bonchev–Trinajstić information content (AvgIpc) is 2.49. The average molecular weight is 370 g/mol. The Kier molecular flexibility index (Phi) is 5.89. The van der Waals surface area contributed by atoms with Crippen LogP contribution in [0.3, 0.4) is 0 Å². The van der Waals surface area contributed by atoms with Gasteiger partial charge in [-0.15, -0.1) is 0 Å². The number of carbonyl (C=O) groups excluding carboxylic acids is 1. The molecule has 0 aromatic heterocycles. The van der Waals surface area contributed by atoms with Crippen molar-refractivity contribution in [2.24, 2.45) is 0 Å². The Morgan fingerprint density at radius 3 is 2.45 bits per heavy atom. The van der Waals surface area contributed by atoms with Gasteiger partial charge in [0.15, 0.2) is 0 Å². The second-order valence-electron chi connectivity index (χ2n) is 4.51. The molecule has 6 heteroatoms. The quantitative estimate of drug-likeness (QED) is 0.834. The first kappa shape index (κ1) is 16.4. The van der Waals surface area contributed by atoms with E-state index < -0.39 is 6.61 Å². The van der Waals surface area contributed by atoms with Crippen LogP contribution in [-0.2, 0) is 6.42 Å². The molecular weight excluding hydrogens is 356 g/mol. The first-order chi connectivity index (χ1) is 10.6. The molecule has 0 fully saturated rings. The number of alkyl halides is 2. The van der Waals surface area contributed by atoms with Crippen LogP contribution in [0.25, 0.3) is 0 Å². The number of rotatable bonds is 6. The zero-order chi connectivity index (χ0) is 15.9. The van der Waals surface area contributed by atoms with E-state index in [-0.39, 0.29) is 11.7 Å². The molecule has 1 N–H and O–H groups in total. The Balaban J connectivity index is 1.83. The Bertz CT molecular complexity index is 632. The van der Waals surface area contributed by atoms with E-state index in [0.717, 1.165) is 10.0 Å². The van der Waals surface area contributed by atoms with Gasteiger partial charge in [-0.1, -0.05) is 24.3 Å². The van der Waals surface area contributed by atoms with Crippen molar-refractivity contribution in [3.8, 4) is 5.75 Å². The van der Waals surface area contributed by atoms with Crippen LogP contribution in [0.2, 0.25) is 0 Å². The third-order valence-electron chi connectivity index (χ3n) is 2.97. The molecule has 2 aromatic carbocycles. The van der Waals surface area contributed by atoms with Crippen LogP contribution in [0.5, 0.6) is 5.75 Å². The molecule has 0 radical (unpaired) electrons. The highest BCUT2D eigenvalue weighted by Crippen LogP contribution is 2.16. The highest BCUT2D eigenvalue weighted by atomic mass is 79.9. The van der Waals surface area contributed by atoms with E-state index in [0.29, 0.717) is 18.5 Å². The lowest BCUT2D eigenvalue weighted by molar-refractivity contribution is -0.0498. The summed E-state index contributed by atoms with van der Waals surface area (Å²) in [7, 11) is 0. The van der Waals surface area contributed by atoms with Crippen molar-refractivity contribution in [3.63, 3.8) is 0 Å². The SMILES string of the molecule is O=C(NCCc1ccc(OC(F)F)cc1)c1ccccc1Br. The first-order valence-electron chi connectivity index (χ1n) is 6.63. The minimum atomic E-state index is -2.82. The molecule has 3 nitrogen and oxygen atoms in total. The zero-order valence-corrected chi connectivity index (χ0v) is 13.1. The molecular formula is C16H14BrF2NO2. The van der Waals surface area contributed by atoms with Gasteiger partial charge in [0, 0.05) is 11.0 Å². The second kappa shape index (κ2) is 7.89. The first-order valence-corrected chi connectivity index (χ1v) is 7.42. The van der Waals surface area contributed by atoms with E-state index >= 15 is 0 Å². The molecule has 2 aromatic rings. The maximum atomic E-state index is 12.0. The molecule has 0 saturated carbocycles. The summed E-state index contributed by atoms with van der Waals surface area (Å²) in [5, 5.41) is 2.81. The minimum absolute atomic E-state index is 0.121. The number of carbonyl (C=O) groups is 1. The number of hydrogen-bond donors (Lipinski definition) is 1. The number of halogens is 3. The Morgan fingerprint density at radius 1 is 1.14 bits per heavy atom. The summed E-state index contributed by atoms with van der Waals surface area (Å²) in [5.74, 6) is -0.0406. The van der Waals surface area contributed by atoms with E-state index in [2.05, 4.69) is 26.0 Å². The highest BCUT2D eigenvalue weighted by molar-refractivity contribution is 9.10. The molecule has 0 bridgehead atoms. The molecule has 2 rings (SSSR count). The predicted molar refractivity (Wildman–Crippen MR) is 83.3 cm³/mol. The fraction of sp³-hybridized carbons (Fsp3) is 0.188. The van der Waals surface area contributed by atoms with E-state index in [9.17, 15) is 13.6 Å². The number of hydrogen-bond acceptors (Lipinski definition) is 2. The summed E-state index contributed by atoms with van der Waals surface area (Å²) in [6, 6.07) is 13.5. The summed E-state index contributed by atoms with van der Waals surface area (Å²) >= 11 is 3.33. The van der Waals surface area contributed by atoms with Crippen molar-refractivity contribution in [2.75, 3.05) is 6.54 Å². The van der Waals surface area contributed by atoms with Gasteiger partial charge in [-0.2, -0.15) is 8.78 Å². The lowest BCUT2D eigenvalue weighted by Crippen LogP contribution is -2.25. The van der Waals surface area contributed by atoms with Crippen molar-refractivity contribution in [1.29, 1.82) is 0 Å². The molecule has 1 amide bonds. The highest BCUT2D eigenvalue weighted by Gasteiger charge is 2.08. The zero-order valence-electron chi connectivity index (χ0n) is 11.6. The molecule has 22 heavy (non-hydrogen) atoms. The summed E-state index contributed by atoms with van der Waals surface area (Å²) in [5.41, 5.74) is 1.50. The number of amides is 1. The van der Waals surface area contributed by atoms with E-state index in [4.69, 9.17) is 0 Å². The van der Waals surface area contributed by atoms with Gasteiger partial charge in [-0.3, -0.25) is 4.79 Å². The topological polar surface area (TPSA) is 38.3 Å². The van der Waals surface area contributed by atoms with Gasteiger partial charge >= 0.3 is 6.61 Å². The van der Waals surface area contributed by atoms with Gasteiger partial charge in [0.1, 0.15) is 5.75 Å². The molecule has 0 atom stereocenters. The third kappa shape index (κ3) is 4.80. The number of ether oxygens (including phenoxy) is 1. The summed E-state index contributed by atoms with van der Waals surface area (Å²) in [6.07, 6.45) is 0.602. The van der Waals surface area contributed by atoms with Gasteiger partial charge < -0.3 is 10.1 Å². The molecule has 0 heterocycles. The van der Waals surface area contributed by atoms with E-state index in [1.165, 1.54) is 12.1 Å². The second-order valence-corrected chi connectivity index (χ2v) is 5.36. The molecule has 0 saturated heterocycles. The molecule has 0 unspecified atom stereocenters. The van der Waals surface area contributed by atoms with Gasteiger partial charge in [-0.25, -0.2) is 0 Å². The van der Waals surface area contributed by atoms with Crippen molar-refractivity contribution in [1.82, 2.24) is 5.32 Å². The minimum Gasteiger partial charge on any atom is -0.435 e. The Hall–Kier alpha value is -1.95. The lowest BCUT2D eigenvalue weighted by atomic mass is 10.1. The van der Waals surface area contributed by atoms with E-state index in [1.807, 2.05) is 6.07 Å². The van der Waals surface area contributed by atoms with Crippen LogP contribution in [0, 0.1) is 0 Å². The normalized spacial score (nSPS) is 10.5. The fourth-order valence-corrected chi connectivity index (χ4v) is 2.36. The van der Waals surface area contributed by atoms with Crippen molar-refractivity contribution >= 4 is 21.8 Å². The summed E-state index contributed by atoms with van der Waals surface area (Å²) in [6.45, 7) is -2.37. The lowest BCUT2D eigenvalue weighted by Gasteiger charge is -2.08. The summed E-state index contributed by atoms with van der Waals surface area (Å²) in [4.78, 5) is 12.0. The van der Waals surface area contributed by atoms with Crippen LogP contribution in [0.4, 0.5) is 8.78 Å². The van der Waals surface area contributed by atoms with Gasteiger partial charge in [-0.05, 0) is 52.2 Å². The van der Waals surface area contributed by atoms with Crippen LogP contribution in [-0.4, -0.2) is 19.1 Å². The number of benzene rings is 2.